The van der Waals surface area contributed by atoms with Gasteiger partial charge in [-0.15, -0.1) is 0 Å². The third kappa shape index (κ3) is 2.56. The number of nitrogen functional groups attached to an aromatic ring is 1. The fraction of sp³-hybridized carbons (Fsp3) is 0.312. The summed E-state index contributed by atoms with van der Waals surface area (Å²) in [6.45, 7) is 0.198. The lowest BCUT2D eigenvalue weighted by Crippen LogP contribution is -2.27. The van der Waals surface area contributed by atoms with E-state index in [1.54, 1.807) is 22.8 Å². The number of rotatable bonds is 2. The summed E-state index contributed by atoms with van der Waals surface area (Å²) in [4.78, 5) is 10.4. The molecule has 0 amide bonds. The Labute approximate surface area is 141 Å². The molecule has 7 nitrogen and oxygen atoms in total. The van der Waals surface area contributed by atoms with Crippen LogP contribution in [0.2, 0.25) is 0 Å². The number of β-amino-alcohol motifs (C(OH)–C–C–N with tert-alkyl or cyclic N) is 1. The molecule has 2 aromatic heterocycles. The van der Waals surface area contributed by atoms with Crippen molar-refractivity contribution in [2.75, 3.05) is 17.2 Å². The summed E-state index contributed by atoms with van der Waals surface area (Å²) in [5, 5.41) is 14.8. The van der Waals surface area contributed by atoms with Crippen molar-refractivity contribution in [2.24, 2.45) is 7.05 Å². The summed E-state index contributed by atoms with van der Waals surface area (Å²) in [5.41, 5.74) is 6.67. The molecule has 1 saturated heterocycles. The molecule has 0 saturated carbocycles. The van der Waals surface area contributed by atoms with Crippen molar-refractivity contribution >= 4 is 22.8 Å². The molecular formula is C16H16F2N6O. The second-order valence-corrected chi connectivity index (χ2v) is 6.14. The van der Waals surface area contributed by atoms with Gasteiger partial charge in [0.05, 0.1) is 23.7 Å². The molecule has 3 heterocycles. The van der Waals surface area contributed by atoms with Crippen LogP contribution in [-0.4, -0.2) is 37.5 Å². The number of fused-ring (bicyclic) bond motifs is 1. The molecule has 3 N–H and O–H groups in total. The van der Waals surface area contributed by atoms with Crippen molar-refractivity contribution in [3.8, 4) is 0 Å². The molecule has 0 aliphatic carbocycles. The van der Waals surface area contributed by atoms with E-state index in [0.29, 0.717) is 11.0 Å². The number of aryl methyl sites for hydroxylation is 1. The molecule has 3 aromatic rings. The highest BCUT2D eigenvalue weighted by Gasteiger charge is 2.36. The average Bonchev–Trinajstić information content (AvgIpc) is 3.13. The summed E-state index contributed by atoms with van der Waals surface area (Å²) >= 11 is 0. The number of halogens is 2. The Kier molecular flexibility index (Phi) is 3.53. The van der Waals surface area contributed by atoms with Crippen molar-refractivity contribution in [1.82, 2.24) is 19.7 Å². The molecule has 25 heavy (non-hydrogen) atoms. The first-order valence-electron chi connectivity index (χ1n) is 7.79. The highest BCUT2D eigenvalue weighted by molar-refractivity contribution is 5.86. The smallest absolute Gasteiger partial charge is 0.229 e. The first-order chi connectivity index (χ1) is 11.9. The molecule has 0 bridgehead atoms. The molecule has 0 unspecified atom stereocenters. The molecule has 2 atom stereocenters. The summed E-state index contributed by atoms with van der Waals surface area (Å²) < 4.78 is 29.4. The van der Waals surface area contributed by atoms with Crippen LogP contribution < -0.4 is 10.6 Å². The summed E-state index contributed by atoms with van der Waals surface area (Å²) in [5.74, 6) is -0.591. The first-order valence-corrected chi connectivity index (χ1v) is 7.79. The van der Waals surface area contributed by atoms with E-state index in [-0.39, 0.29) is 30.3 Å². The van der Waals surface area contributed by atoms with E-state index in [1.807, 2.05) is 0 Å². The van der Waals surface area contributed by atoms with Crippen molar-refractivity contribution in [3.05, 3.63) is 41.6 Å². The minimum atomic E-state index is -0.709. The standard InChI is InChI=1S/C16H16F2N6O/c1-23-15-11(6-20-23)14(19)21-16(22-15)24-7-9(25)5-13(24)10-4-8(17)2-3-12(10)18/h2-4,6,9,13,25H,5,7H2,1H3,(H2,19,21,22)/t9-,13+/m1/s1. The van der Waals surface area contributed by atoms with Crippen molar-refractivity contribution < 1.29 is 13.9 Å². The largest absolute Gasteiger partial charge is 0.391 e. The van der Waals surface area contributed by atoms with Gasteiger partial charge in [-0.3, -0.25) is 4.68 Å². The van der Waals surface area contributed by atoms with Gasteiger partial charge in [-0.25, -0.2) is 8.78 Å². The number of aliphatic hydroxyl groups is 1. The Morgan fingerprint density at radius 2 is 2.08 bits per heavy atom. The Morgan fingerprint density at radius 3 is 2.88 bits per heavy atom. The van der Waals surface area contributed by atoms with E-state index in [9.17, 15) is 13.9 Å². The third-order valence-corrected chi connectivity index (χ3v) is 4.46. The number of hydrogen-bond acceptors (Lipinski definition) is 6. The number of nitrogens with zero attached hydrogens (tertiary/aromatic N) is 5. The minimum Gasteiger partial charge on any atom is -0.391 e. The second kappa shape index (κ2) is 5.62. The normalized spacial score (nSPS) is 20.6. The van der Waals surface area contributed by atoms with Crippen LogP contribution >= 0.6 is 0 Å². The van der Waals surface area contributed by atoms with E-state index in [1.165, 1.54) is 0 Å². The summed E-state index contributed by atoms with van der Waals surface area (Å²) in [6, 6.07) is 2.69. The van der Waals surface area contributed by atoms with Crippen molar-refractivity contribution in [3.63, 3.8) is 0 Å². The highest BCUT2D eigenvalue weighted by Crippen LogP contribution is 2.37. The average molecular weight is 346 g/mol. The Bertz CT molecular complexity index is 959. The zero-order valence-corrected chi connectivity index (χ0v) is 13.4. The molecule has 0 radical (unpaired) electrons. The van der Waals surface area contributed by atoms with Gasteiger partial charge < -0.3 is 15.7 Å². The quantitative estimate of drug-likeness (QED) is 0.731. The topological polar surface area (TPSA) is 93.1 Å². The van der Waals surface area contributed by atoms with Gasteiger partial charge >= 0.3 is 0 Å². The van der Waals surface area contributed by atoms with Gasteiger partial charge in [-0.1, -0.05) is 0 Å². The van der Waals surface area contributed by atoms with E-state index < -0.39 is 23.8 Å². The van der Waals surface area contributed by atoms with E-state index in [2.05, 4.69) is 15.1 Å². The number of nitrogens with two attached hydrogens (primary N) is 1. The highest BCUT2D eigenvalue weighted by atomic mass is 19.1. The van der Waals surface area contributed by atoms with Crippen LogP contribution in [0.5, 0.6) is 0 Å². The second-order valence-electron chi connectivity index (χ2n) is 6.14. The number of anilines is 2. The van der Waals surface area contributed by atoms with Gasteiger partial charge in [-0.05, 0) is 24.6 Å². The fourth-order valence-electron chi connectivity index (χ4n) is 3.26. The lowest BCUT2D eigenvalue weighted by molar-refractivity contribution is 0.194. The van der Waals surface area contributed by atoms with Crippen LogP contribution in [0.4, 0.5) is 20.5 Å². The predicted octanol–water partition coefficient (Wildman–Crippen LogP) is 1.54. The zero-order chi connectivity index (χ0) is 17.7. The summed E-state index contributed by atoms with van der Waals surface area (Å²) in [7, 11) is 1.72. The Morgan fingerprint density at radius 1 is 1.28 bits per heavy atom. The SMILES string of the molecule is Cn1ncc2c(N)nc(N3C[C@H](O)C[C@H]3c3cc(F)ccc3F)nc21. The third-order valence-electron chi connectivity index (χ3n) is 4.46. The lowest BCUT2D eigenvalue weighted by Gasteiger charge is -2.25. The molecule has 1 aliphatic heterocycles. The van der Waals surface area contributed by atoms with Crippen LogP contribution in [0, 0.1) is 11.6 Å². The first kappa shape index (κ1) is 15.7. The number of hydrogen-bond donors (Lipinski definition) is 2. The molecule has 1 aliphatic rings. The fourth-order valence-corrected chi connectivity index (χ4v) is 3.26. The maximum Gasteiger partial charge on any atom is 0.229 e. The van der Waals surface area contributed by atoms with Crippen LogP contribution in [0.15, 0.2) is 24.4 Å². The lowest BCUT2D eigenvalue weighted by atomic mass is 10.0. The van der Waals surface area contributed by atoms with Gasteiger partial charge in [0.1, 0.15) is 17.5 Å². The Hall–Kier alpha value is -2.81. The number of aliphatic hydroxyl groups excluding tert-OH is 1. The van der Waals surface area contributed by atoms with Crippen LogP contribution in [-0.2, 0) is 7.05 Å². The van der Waals surface area contributed by atoms with Crippen LogP contribution in [0.25, 0.3) is 11.0 Å². The molecule has 0 spiro atoms. The van der Waals surface area contributed by atoms with Gasteiger partial charge in [0.15, 0.2) is 5.65 Å². The van der Waals surface area contributed by atoms with E-state index in [4.69, 9.17) is 5.73 Å². The summed E-state index contributed by atoms with van der Waals surface area (Å²) in [6.07, 6.45) is 1.10. The maximum absolute atomic E-state index is 14.2. The van der Waals surface area contributed by atoms with Gasteiger partial charge in [0, 0.05) is 19.2 Å². The monoisotopic (exact) mass is 346 g/mol. The molecule has 130 valence electrons. The Balaban J connectivity index is 1.82. The van der Waals surface area contributed by atoms with Crippen LogP contribution in [0.3, 0.4) is 0 Å². The molecule has 1 fully saturated rings. The van der Waals surface area contributed by atoms with Gasteiger partial charge in [-0.2, -0.15) is 15.1 Å². The predicted molar refractivity (Wildman–Crippen MR) is 87.8 cm³/mol. The molecular weight excluding hydrogens is 330 g/mol. The number of benzene rings is 1. The van der Waals surface area contributed by atoms with Crippen molar-refractivity contribution in [2.45, 2.75) is 18.6 Å². The number of aromatic nitrogens is 4. The van der Waals surface area contributed by atoms with E-state index >= 15 is 0 Å². The maximum atomic E-state index is 14.2. The molecule has 9 heteroatoms. The van der Waals surface area contributed by atoms with Crippen LogP contribution in [0.1, 0.15) is 18.0 Å². The van der Waals surface area contributed by atoms with E-state index in [0.717, 1.165) is 18.2 Å². The zero-order valence-electron chi connectivity index (χ0n) is 13.4. The minimum absolute atomic E-state index is 0.156. The molecule has 4 rings (SSSR count). The van der Waals surface area contributed by atoms with Crippen molar-refractivity contribution in [1.29, 1.82) is 0 Å². The molecule has 1 aromatic carbocycles. The van der Waals surface area contributed by atoms with Gasteiger partial charge in [0.2, 0.25) is 5.95 Å². The van der Waals surface area contributed by atoms with Gasteiger partial charge in [0.25, 0.3) is 0 Å².